The van der Waals surface area contributed by atoms with Gasteiger partial charge < -0.3 is 10.1 Å². The average Bonchev–Trinajstić information content (AvgIpc) is 2.31. The Kier molecular flexibility index (Phi) is 6.91. The fourth-order valence-corrected chi connectivity index (χ4v) is 1.81. The van der Waals surface area contributed by atoms with Crippen LogP contribution in [0.4, 0.5) is 4.39 Å². The zero-order valence-electron chi connectivity index (χ0n) is 11.6. The van der Waals surface area contributed by atoms with Crippen LogP contribution in [0, 0.1) is 5.82 Å². The molecule has 18 heavy (non-hydrogen) atoms. The number of ether oxygens (including phenoxy) is 1. The van der Waals surface area contributed by atoms with Gasteiger partial charge in [-0.3, -0.25) is 0 Å². The van der Waals surface area contributed by atoms with E-state index in [2.05, 4.69) is 12.2 Å². The Hall–Kier alpha value is -0.930. The summed E-state index contributed by atoms with van der Waals surface area (Å²) in [6.45, 7) is 7.83. The van der Waals surface area contributed by atoms with E-state index in [-0.39, 0.29) is 11.9 Å². The maximum Gasteiger partial charge on any atom is 0.126 e. The van der Waals surface area contributed by atoms with E-state index < -0.39 is 0 Å². The molecule has 1 N–H and O–H groups in total. The monoisotopic (exact) mass is 253 g/mol. The van der Waals surface area contributed by atoms with Crippen molar-refractivity contribution in [1.29, 1.82) is 0 Å². The van der Waals surface area contributed by atoms with Gasteiger partial charge in [-0.25, -0.2) is 4.39 Å². The maximum atomic E-state index is 13.4. The van der Waals surface area contributed by atoms with Gasteiger partial charge in [-0.05, 0) is 51.8 Å². The van der Waals surface area contributed by atoms with E-state index >= 15 is 0 Å². The molecule has 1 aromatic carbocycles. The molecular formula is C15H24FNO. The number of benzene rings is 1. The van der Waals surface area contributed by atoms with Crippen LogP contribution in [0.25, 0.3) is 0 Å². The summed E-state index contributed by atoms with van der Waals surface area (Å²) in [5.41, 5.74) is 0.774. The second kappa shape index (κ2) is 8.22. The van der Waals surface area contributed by atoms with Gasteiger partial charge in [0.05, 0.1) is 6.10 Å². The third-order valence-electron chi connectivity index (χ3n) is 2.75. The van der Waals surface area contributed by atoms with Crippen molar-refractivity contribution in [2.75, 3.05) is 13.2 Å². The molecule has 0 radical (unpaired) electrons. The Balaban J connectivity index is 2.18. The summed E-state index contributed by atoms with van der Waals surface area (Å²) >= 11 is 0. The van der Waals surface area contributed by atoms with Crippen LogP contribution in [0.2, 0.25) is 0 Å². The van der Waals surface area contributed by atoms with Gasteiger partial charge in [0.2, 0.25) is 0 Å². The highest BCUT2D eigenvalue weighted by Gasteiger charge is 2.06. The van der Waals surface area contributed by atoms with Crippen molar-refractivity contribution in [3.05, 3.63) is 35.6 Å². The van der Waals surface area contributed by atoms with Gasteiger partial charge in [0.15, 0.2) is 0 Å². The zero-order chi connectivity index (χ0) is 13.4. The van der Waals surface area contributed by atoms with Gasteiger partial charge >= 0.3 is 0 Å². The van der Waals surface area contributed by atoms with E-state index in [4.69, 9.17) is 4.74 Å². The van der Waals surface area contributed by atoms with Crippen LogP contribution in [0.5, 0.6) is 0 Å². The van der Waals surface area contributed by atoms with Crippen LogP contribution in [-0.2, 0) is 11.2 Å². The lowest BCUT2D eigenvalue weighted by molar-refractivity contribution is 0.0768. The predicted octanol–water partition coefficient (Wildman–Crippen LogP) is 3.16. The normalized spacial score (nSPS) is 12.9. The second-order valence-corrected chi connectivity index (χ2v) is 4.92. The van der Waals surface area contributed by atoms with E-state index in [0.29, 0.717) is 6.10 Å². The largest absolute Gasteiger partial charge is 0.379 e. The number of hydrogen-bond donors (Lipinski definition) is 1. The molecule has 0 bridgehead atoms. The molecule has 2 nitrogen and oxygen atoms in total. The highest BCUT2D eigenvalue weighted by Crippen LogP contribution is 2.08. The minimum atomic E-state index is -0.116. The second-order valence-electron chi connectivity index (χ2n) is 4.92. The van der Waals surface area contributed by atoms with Gasteiger partial charge in [0.25, 0.3) is 0 Å². The molecule has 0 saturated heterocycles. The first kappa shape index (κ1) is 15.1. The van der Waals surface area contributed by atoms with Crippen LogP contribution < -0.4 is 5.32 Å². The number of nitrogens with one attached hydrogen (secondary N) is 1. The van der Waals surface area contributed by atoms with Crippen LogP contribution >= 0.6 is 0 Å². The summed E-state index contributed by atoms with van der Waals surface area (Å²) in [7, 11) is 0. The summed E-state index contributed by atoms with van der Waals surface area (Å²) < 4.78 is 18.9. The first-order valence-electron chi connectivity index (χ1n) is 6.68. The van der Waals surface area contributed by atoms with Crippen LogP contribution in [-0.4, -0.2) is 25.3 Å². The lowest BCUT2D eigenvalue weighted by Gasteiger charge is -2.14. The molecule has 1 rings (SSSR count). The van der Waals surface area contributed by atoms with E-state index in [1.807, 2.05) is 26.0 Å². The molecule has 0 saturated carbocycles. The first-order valence-corrected chi connectivity index (χ1v) is 6.68. The van der Waals surface area contributed by atoms with Gasteiger partial charge in [0, 0.05) is 12.6 Å². The summed E-state index contributed by atoms with van der Waals surface area (Å²) in [4.78, 5) is 0. The fraction of sp³-hybridized carbons (Fsp3) is 0.600. The topological polar surface area (TPSA) is 21.3 Å². The minimum Gasteiger partial charge on any atom is -0.379 e. The fourth-order valence-electron chi connectivity index (χ4n) is 1.81. The standard InChI is InChI=1S/C15H24FNO/c1-12(2)18-10-6-9-17-13(3)11-14-7-4-5-8-15(14)16/h4-5,7-8,12-13,17H,6,9-11H2,1-3H3. The smallest absolute Gasteiger partial charge is 0.126 e. The molecule has 3 heteroatoms. The molecule has 0 fully saturated rings. The van der Waals surface area contributed by atoms with E-state index in [1.54, 1.807) is 6.07 Å². The summed E-state index contributed by atoms with van der Waals surface area (Å²) in [5, 5.41) is 3.39. The van der Waals surface area contributed by atoms with Crippen molar-refractivity contribution < 1.29 is 9.13 Å². The van der Waals surface area contributed by atoms with Crippen molar-refractivity contribution in [3.63, 3.8) is 0 Å². The number of halogens is 1. The molecule has 0 spiro atoms. The lowest BCUT2D eigenvalue weighted by atomic mass is 10.1. The molecule has 0 aromatic heterocycles. The number of rotatable bonds is 8. The molecule has 0 aliphatic carbocycles. The molecule has 1 unspecified atom stereocenters. The summed E-state index contributed by atoms with van der Waals surface area (Å²) in [6.07, 6.45) is 2.00. The van der Waals surface area contributed by atoms with Crippen LogP contribution in [0.15, 0.2) is 24.3 Å². The third kappa shape index (κ3) is 6.12. The molecule has 0 amide bonds. The maximum absolute atomic E-state index is 13.4. The molecule has 1 atom stereocenters. The first-order chi connectivity index (χ1) is 8.59. The van der Waals surface area contributed by atoms with Gasteiger partial charge in [-0.2, -0.15) is 0 Å². The molecule has 0 aliphatic rings. The molecule has 102 valence electrons. The Morgan fingerprint density at radius 1 is 1.22 bits per heavy atom. The molecule has 1 aromatic rings. The van der Waals surface area contributed by atoms with E-state index in [0.717, 1.165) is 31.6 Å². The Morgan fingerprint density at radius 2 is 1.94 bits per heavy atom. The highest BCUT2D eigenvalue weighted by atomic mass is 19.1. The Morgan fingerprint density at radius 3 is 2.61 bits per heavy atom. The third-order valence-corrected chi connectivity index (χ3v) is 2.75. The van der Waals surface area contributed by atoms with Crippen LogP contribution in [0.1, 0.15) is 32.8 Å². The van der Waals surface area contributed by atoms with E-state index in [9.17, 15) is 4.39 Å². The lowest BCUT2D eigenvalue weighted by Crippen LogP contribution is -2.30. The summed E-state index contributed by atoms with van der Waals surface area (Å²) in [5.74, 6) is -0.116. The van der Waals surface area contributed by atoms with Gasteiger partial charge in [0.1, 0.15) is 5.82 Å². The average molecular weight is 253 g/mol. The molecule has 0 heterocycles. The van der Waals surface area contributed by atoms with Gasteiger partial charge in [-0.1, -0.05) is 18.2 Å². The van der Waals surface area contributed by atoms with Crippen molar-refractivity contribution in [2.45, 2.75) is 45.8 Å². The van der Waals surface area contributed by atoms with Crippen molar-refractivity contribution >= 4 is 0 Å². The molecule has 0 aliphatic heterocycles. The molecular weight excluding hydrogens is 229 g/mol. The van der Waals surface area contributed by atoms with Crippen molar-refractivity contribution in [2.24, 2.45) is 0 Å². The quantitative estimate of drug-likeness (QED) is 0.719. The van der Waals surface area contributed by atoms with Gasteiger partial charge in [-0.15, -0.1) is 0 Å². The number of hydrogen-bond acceptors (Lipinski definition) is 2. The minimum absolute atomic E-state index is 0.116. The Bertz CT molecular complexity index is 341. The highest BCUT2D eigenvalue weighted by molar-refractivity contribution is 5.18. The van der Waals surface area contributed by atoms with Crippen LogP contribution in [0.3, 0.4) is 0 Å². The van der Waals surface area contributed by atoms with Crippen molar-refractivity contribution in [3.8, 4) is 0 Å². The SMILES string of the molecule is CC(Cc1ccccc1F)NCCCOC(C)C. The zero-order valence-corrected chi connectivity index (χ0v) is 11.6. The van der Waals surface area contributed by atoms with E-state index in [1.165, 1.54) is 6.07 Å². The van der Waals surface area contributed by atoms with Crippen molar-refractivity contribution in [1.82, 2.24) is 5.32 Å². The summed E-state index contributed by atoms with van der Waals surface area (Å²) in [6, 6.07) is 7.23. The Labute approximate surface area is 110 Å². The predicted molar refractivity (Wildman–Crippen MR) is 73.3 cm³/mol.